The summed E-state index contributed by atoms with van der Waals surface area (Å²) >= 11 is 0. The number of hydrogen-bond donors (Lipinski definition) is 1. The highest BCUT2D eigenvalue weighted by molar-refractivity contribution is 6.05. The molecule has 7 atom stereocenters. The number of rotatable bonds is 3. The Morgan fingerprint density at radius 3 is 2.53 bits per heavy atom. The number of halogens is 2. The molecule has 0 saturated heterocycles. The first kappa shape index (κ1) is 22.1. The van der Waals surface area contributed by atoms with E-state index in [-0.39, 0.29) is 23.1 Å². The van der Waals surface area contributed by atoms with Gasteiger partial charge in [-0.2, -0.15) is 8.78 Å². The molecule has 5 rings (SSSR count). The van der Waals surface area contributed by atoms with Crippen LogP contribution in [0.3, 0.4) is 0 Å². The van der Waals surface area contributed by atoms with Gasteiger partial charge in [-0.1, -0.05) is 26.0 Å². The van der Waals surface area contributed by atoms with Crippen LogP contribution >= 0.6 is 0 Å². The van der Waals surface area contributed by atoms with Gasteiger partial charge >= 0.3 is 6.61 Å². The number of carbonyl (C=O) groups is 1. The van der Waals surface area contributed by atoms with Crippen molar-refractivity contribution in [3.8, 4) is 5.75 Å². The van der Waals surface area contributed by atoms with Gasteiger partial charge in [-0.3, -0.25) is 4.79 Å². The van der Waals surface area contributed by atoms with E-state index in [2.05, 4.69) is 18.6 Å². The number of benzene rings is 1. The quantitative estimate of drug-likeness (QED) is 0.560. The number of aliphatic hydroxyl groups is 1. The zero-order valence-corrected chi connectivity index (χ0v) is 19.0. The maximum Gasteiger partial charge on any atom is 0.387 e. The van der Waals surface area contributed by atoms with Gasteiger partial charge in [0.25, 0.3) is 0 Å². The van der Waals surface area contributed by atoms with E-state index in [0.717, 1.165) is 56.1 Å². The lowest BCUT2D eigenvalue weighted by molar-refractivity contribution is -0.141. The van der Waals surface area contributed by atoms with Crippen LogP contribution in [0.25, 0.3) is 6.08 Å². The van der Waals surface area contributed by atoms with Crippen LogP contribution in [0.5, 0.6) is 5.75 Å². The van der Waals surface area contributed by atoms with E-state index < -0.39 is 6.61 Å². The summed E-state index contributed by atoms with van der Waals surface area (Å²) in [5, 5.41) is 10.2. The zero-order valence-electron chi connectivity index (χ0n) is 19.0. The summed E-state index contributed by atoms with van der Waals surface area (Å²) in [5.74, 6) is 2.61. The van der Waals surface area contributed by atoms with Crippen LogP contribution in [0.1, 0.15) is 70.8 Å². The second-order valence-corrected chi connectivity index (χ2v) is 11.2. The van der Waals surface area contributed by atoms with Gasteiger partial charge in [0.1, 0.15) is 5.75 Å². The van der Waals surface area contributed by atoms with Crippen LogP contribution in [0.4, 0.5) is 8.78 Å². The molecule has 0 aromatic heterocycles. The summed E-state index contributed by atoms with van der Waals surface area (Å²) in [7, 11) is 0. The summed E-state index contributed by atoms with van der Waals surface area (Å²) in [6, 6.07) is 6.54. The van der Waals surface area contributed by atoms with Crippen molar-refractivity contribution in [2.75, 3.05) is 0 Å². The van der Waals surface area contributed by atoms with E-state index in [9.17, 15) is 18.7 Å². The molecule has 32 heavy (non-hydrogen) atoms. The second kappa shape index (κ2) is 7.93. The molecule has 1 aromatic carbocycles. The summed E-state index contributed by atoms with van der Waals surface area (Å²) < 4.78 is 29.2. The van der Waals surface area contributed by atoms with Crippen molar-refractivity contribution in [3.63, 3.8) is 0 Å². The van der Waals surface area contributed by atoms with Crippen LogP contribution in [-0.4, -0.2) is 23.6 Å². The maximum absolute atomic E-state index is 13.5. The largest absolute Gasteiger partial charge is 0.435 e. The van der Waals surface area contributed by atoms with Crippen molar-refractivity contribution in [3.05, 3.63) is 35.4 Å². The van der Waals surface area contributed by atoms with E-state index in [1.165, 1.54) is 18.6 Å². The lowest BCUT2D eigenvalue weighted by atomic mass is 9.45. The molecule has 0 amide bonds. The second-order valence-electron chi connectivity index (χ2n) is 11.2. The van der Waals surface area contributed by atoms with Crippen LogP contribution in [0.2, 0.25) is 0 Å². The van der Waals surface area contributed by atoms with Gasteiger partial charge in [0.05, 0.1) is 6.10 Å². The third-order valence-electron chi connectivity index (χ3n) is 9.72. The lowest BCUT2D eigenvalue weighted by Crippen LogP contribution is -2.54. The monoisotopic (exact) mass is 444 g/mol. The molecule has 0 radical (unpaired) electrons. The van der Waals surface area contributed by atoms with Gasteiger partial charge in [-0.25, -0.2) is 0 Å². The Hall–Kier alpha value is -1.75. The molecule has 0 unspecified atom stereocenters. The first-order valence-corrected chi connectivity index (χ1v) is 12.2. The van der Waals surface area contributed by atoms with Gasteiger partial charge < -0.3 is 9.84 Å². The van der Waals surface area contributed by atoms with Crippen molar-refractivity contribution < 1.29 is 23.4 Å². The van der Waals surface area contributed by atoms with Crippen LogP contribution in [0, 0.1) is 34.5 Å². The number of aliphatic hydroxyl groups excluding tert-OH is 1. The number of hydrogen-bond acceptors (Lipinski definition) is 3. The Morgan fingerprint density at radius 1 is 1.06 bits per heavy atom. The zero-order chi connectivity index (χ0) is 22.7. The highest BCUT2D eigenvalue weighted by atomic mass is 19.3. The van der Waals surface area contributed by atoms with E-state index in [1.807, 2.05) is 6.08 Å². The van der Waals surface area contributed by atoms with Crippen LogP contribution in [-0.2, 0) is 4.79 Å². The molecule has 4 aliphatic rings. The van der Waals surface area contributed by atoms with Crippen LogP contribution in [0.15, 0.2) is 29.8 Å². The Bertz CT molecular complexity index is 910. The van der Waals surface area contributed by atoms with Crippen molar-refractivity contribution in [2.45, 2.75) is 77.9 Å². The van der Waals surface area contributed by atoms with Crippen molar-refractivity contribution in [2.24, 2.45) is 34.5 Å². The number of ketones is 1. The Morgan fingerprint density at radius 2 is 1.81 bits per heavy atom. The van der Waals surface area contributed by atoms with E-state index in [0.29, 0.717) is 29.1 Å². The molecule has 1 N–H and O–H groups in total. The summed E-state index contributed by atoms with van der Waals surface area (Å²) in [6.45, 7) is 1.80. The minimum Gasteiger partial charge on any atom is -0.435 e. The van der Waals surface area contributed by atoms with E-state index in [1.54, 1.807) is 12.1 Å². The van der Waals surface area contributed by atoms with Gasteiger partial charge in [0.2, 0.25) is 0 Å². The smallest absolute Gasteiger partial charge is 0.387 e. The van der Waals surface area contributed by atoms with Gasteiger partial charge in [0, 0.05) is 5.41 Å². The summed E-state index contributed by atoms with van der Waals surface area (Å²) in [4.78, 5) is 13.5. The summed E-state index contributed by atoms with van der Waals surface area (Å²) in [5.41, 5.74) is 1.74. The molecule has 4 aliphatic carbocycles. The number of fused-ring (bicyclic) bond motifs is 5. The first-order chi connectivity index (χ1) is 15.2. The van der Waals surface area contributed by atoms with Crippen molar-refractivity contribution in [1.29, 1.82) is 0 Å². The molecular formula is C27H34F2O3. The number of carbonyl (C=O) groups excluding carboxylic acids is 1. The molecule has 0 bridgehead atoms. The fraction of sp³-hybridized carbons (Fsp3) is 0.667. The average Bonchev–Trinajstić information content (AvgIpc) is 3.00. The topological polar surface area (TPSA) is 46.5 Å². The van der Waals surface area contributed by atoms with Crippen molar-refractivity contribution in [1.82, 2.24) is 0 Å². The third-order valence-corrected chi connectivity index (χ3v) is 9.72. The summed E-state index contributed by atoms with van der Waals surface area (Å²) in [6.07, 6.45) is 9.97. The molecular weight excluding hydrogens is 410 g/mol. The minimum atomic E-state index is -2.84. The Labute approximate surface area is 189 Å². The lowest BCUT2D eigenvalue weighted by Gasteiger charge is -2.59. The number of ether oxygens (including phenoxy) is 1. The van der Waals surface area contributed by atoms with Gasteiger partial charge in [-0.05, 0) is 110 Å². The molecule has 3 nitrogen and oxygen atoms in total. The van der Waals surface area contributed by atoms with E-state index in [4.69, 9.17) is 0 Å². The molecule has 4 saturated carbocycles. The fourth-order valence-electron chi connectivity index (χ4n) is 7.98. The van der Waals surface area contributed by atoms with Crippen molar-refractivity contribution >= 4 is 11.9 Å². The molecule has 0 spiro atoms. The SMILES string of the molecule is C[C@]12CC[C@@H](O)C[C@H]1CC[C@@H]1[C@@H]2CC[C@]2(C)C(=O)/C(=C/c3ccc(OC(F)F)cc3)C[C@@H]12. The fourth-order valence-corrected chi connectivity index (χ4v) is 7.98. The van der Waals surface area contributed by atoms with Crippen LogP contribution < -0.4 is 4.74 Å². The first-order valence-electron chi connectivity index (χ1n) is 12.2. The molecule has 4 fully saturated rings. The van der Waals surface area contributed by atoms with E-state index >= 15 is 0 Å². The Balaban J connectivity index is 1.38. The van der Waals surface area contributed by atoms with Gasteiger partial charge in [0.15, 0.2) is 5.78 Å². The standard InChI is InChI=1S/C27H34F2O3/c1-26-11-9-19(30)15-18(26)5-8-21-22(26)10-12-27(2)23(21)14-17(24(27)31)13-16-3-6-20(7-4-16)32-25(28)29/h3-4,6-7,13,18-19,21-23,25,30H,5,8-12,14-15H2,1-2H3/b17-13+/t18-,19-,21-,22+,23+,26+,27+/m1/s1. The minimum absolute atomic E-state index is 0.131. The molecule has 1 aromatic rings. The highest BCUT2D eigenvalue weighted by Crippen LogP contribution is 2.66. The number of alkyl halides is 2. The number of allylic oxidation sites excluding steroid dienone is 1. The molecule has 5 heteroatoms. The average molecular weight is 445 g/mol. The predicted molar refractivity (Wildman–Crippen MR) is 119 cm³/mol. The Kier molecular flexibility index (Phi) is 5.47. The normalized spacial score (nSPS) is 42.5. The highest BCUT2D eigenvalue weighted by Gasteiger charge is 2.61. The number of Topliss-reactive ketones (excluding diaryl/α,β-unsaturated/α-hetero) is 1. The third kappa shape index (κ3) is 3.52. The van der Waals surface area contributed by atoms with Gasteiger partial charge in [-0.15, -0.1) is 0 Å². The predicted octanol–water partition coefficient (Wildman–Crippen LogP) is 6.25. The maximum atomic E-state index is 13.5. The molecule has 0 heterocycles. The molecule has 174 valence electrons. The molecule has 0 aliphatic heterocycles.